The summed E-state index contributed by atoms with van der Waals surface area (Å²) in [4.78, 5) is 29.8. The van der Waals surface area contributed by atoms with E-state index in [1.54, 1.807) is 65.2 Å². The number of nitrogens with one attached hydrogen (secondary N) is 2. The van der Waals surface area contributed by atoms with Crippen molar-refractivity contribution < 1.29 is 9.59 Å². The maximum atomic E-state index is 12.8. The fraction of sp³-hybridized carbons (Fsp3) is 0. The lowest BCUT2D eigenvalue weighted by molar-refractivity contribution is 0.101. The van der Waals surface area contributed by atoms with Crippen LogP contribution in [0, 0.1) is 0 Å². The first kappa shape index (κ1) is 17.8. The topological polar surface area (TPSA) is 75.5 Å². The van der Waals surface area contributed by atoms with E-state index in [9.17, 15) is 9.59 Å². The van der Waals surface area contributed by atoms with Crippen molar-refractivity contribution in [3.05, 3.63) is 95.5 Å². The summed E-state index contributed by atoms with van der Waals surface area (Å²) in [5, 5.41) is 6.06. The van der Waals surface area contributed by atoms with Crippen molar-refractivity contribution in [1.82, 2.24) is 9.38 Å². The van der Waals surface area contributed by atoms with Crippen molar-refractivity contribution in [2.45, 2.75) is 0 Å². The van der Waals surface area contributed by atoms with Crippen LogP contribution in [-0.2, 0) is 0 Å². The number of hydrogen-bond acceptors (Lipinski definition) is 3. The lowest BCUT2D eigenvalue weighted by Gasteiger charge is -2.04. The summed E-state index contributed by atoms with van der Waals surface area (Å²) < 4.78 is 1.59. The lowest BCUT2D eigenvalue weighted by atomic mass is 10.3. The standard InChI is InChI=1S/C21H15ClN4O2/c22-14-7-6-10-16(13-14)24-20(27)18-17-11-4-5-12-26(17)19(25-18)21(28)23-15-8-2-1-3-9-15/h1-13H,(H,23,28)(H,24,27). The van der Waals surface area contributed by atoms with E-state index in [0.717, 1.165) is 0 Å². The fourth-order valence-corrected chi connectivity index (χ4v) is 3.02. The predicted molar refractivity (Wildman–Crippen MR) is 109 cm³/mol. The van der Waals surface area contributed by atoms with E-state index in [4.69, 9.17) is 11.6 Å². The van der Waals surface area contributed by atoms with Gasteiger partial charge in [-0.3, -0.25) is 14.0 Å². The molecule has 0 saturated carbocycles. The Morgan fingerprint density at radius 3 is 2.32 bits per heavy atom. The molecule has 6 nitrogen and oxygen atoms in total. The van der Waals surface area contributed by atoms with Gasteiger partial charge in [-0.25, -0.2) is 4.98 Å². The van der Waals surface area contributed by atoms with Crippen LogP contribution >= 0.6 is 11.6 Å². The van der Waals surface area contributed by atoms with Gasteiger partial charge in [0.1, 0.15) is 0 Å². The monoisotopic (exact) mass is 390 g/mol. The van der Waals surface area contributed by atoms with E-state index in [2.05, 4.69) is 15.6 Å². The highest BCUT2D eigenvalue weighted by Gasteiger charge is 2.21. The second-order valence-corrected chi connectivity index (χ2v) is 6.46. The van der Waals surface area contributed by atoms with Gasteiger partial charge in [-0.05, 0) is 42.5 Å². The van der Waals surface area contributed by atoms with Gasteiger partial charge in [0, 0.05) is 22.6 Å². The summed E-state index contributed by atoms with van der Waals surface area (Å²) in [6, 6.07) is 21.2. The van der Waals surface area contributed by atoms with Crippen LogP contribution in [0.15, 0.2) is 79.0 Å². The van der Waals surface area contributed by atoms with Crippen LogP contribution in [0.2, 0.25) is 5.02 Å². The van der Waals surface area contributed by atoms with Gasteiger partial charge in [0.2, 0.25) is 5.82 Å². The van der Waals surface area contributed by atoms with Crippen molar-refractivity contribution >= 4 is 40.3 Å². The number of para-hydroxylation sites is 1. The Bertz CT molecular complexity index is 1170. The zero-order valence-corrected chi connectivity index (χ0v) is 15.4. The minimum atomic E-state index is -0.426. The van der Waals surface area contributed by atoms with E-state index in [-0.39, 0.29) is 11.5 Å². The molecule has 0 fully saturated rings. The number of carbonyl (C=O) groups excluding carboxylic acids is 2. The molecule has 2 aromatic heterocycles. The largest absolute Gasteiger partial charge is 0.321 e. The first-order chi connectivity index (χ1) is 13.6. The molecule has 28 heavy (non-hydrogen) atoms. The molecular weight excluding hydrogens is 376 g/mol. The van der Waals surface area contributed by atoms with E-state index in [0.29, 0.717) is 21.9 Å². The van der Waals surface area contributed by atoms with Crippen LogP contribution < -0.4 is 10.6 Å². The Balaban J connectivity index is 1.68. The third kappa shape index (κ3) is 3.58. The van der Waals surface area contributed by atoms with Gasteiger partial charge in [0.15, 0.2) is 5.69 Å². The number of rotatable bonds is 4. The third-order valence-corrected chi connectivity index (χ3v) is 4.32. The highest BCUT2D eigenvalue weighted by molar-refractivity contribution is 6.31. The second-order valence-electron chi connectivity index (χ2n) is 6.02. The average molecular weight is 391 g/mol. The zero-order valence-electron chi connectivity index (χ0n) is 14.6. The quantitative estimate of drug-likeness (QED) is 0.539. The van der Waals surface area contributed by atoms with Crippen molar-refractivity contribution in [3.63, 3.8) is 0 Å². The number of nitrogens with zero attached hydrogens (tertiary/aromatic N) is 2. The number of carbonyl (C=O) groups is 2. The number of aromatic nitrogens is 2. The molecule has 138 valence electrons. The SMILES string of the molecule is O=C(Nc1cccc(Cl)c1)c1nc(C(=O)Nc2ccccc2)n2ccccc12. The van der Waals surface area contributed by atoms with Crippen molar-refractivity contribution in [1.29, 1.82) is 0 Å². The Labute approximate surface area is 165 Å². The van der Waals surface area contributed by atoms with Gasteiger partial charge in [-0.1, -0.05) is 41.9 Å². The molecule has 0 spiro atoms. The summed E-state index contributed by atoms with van der Waals surface area (Å²) in [6.07, 6.45) is 1.69. The normalized spacial score (nSPS) is 10.6. The van der Waals surface area contributed by atoms with Gasteiger partial charge < -0.3 is 10.6 Å². The second kappa shape index (κ2) is 7.54. The summed E-state index contributed by atoms with van der Waals surface area (Å²) >= 11 is 5.97. The minimum absolute atomic E-state index is 0.121. The molecule has 0 aliphatic heterocycles. The molecule has 4 aromatic rings. The van der Waals surface area contributed by atoms with E-state index in [1.165, 1.54) is 0 Å². The smallest absolute Gasteiger partial charge is 0.292 e. The van der Waals surface area contributed by atoms with Crippen LogP contribution in [0.4, 0.5) is 11.4 Å². The highest BCUT2D eigenvalue weighted by Crippen LogP contribution is 2.19. The summed E-state index contributed by atoms with van der Waals surface area (Å²) in [5.41, 5.74) is 1.87. The number of pyridine rings is 1. The Hall–Kier alpha value is -3.64. The molecule has 0 saturated heterocycles. The average Bonchev–Trinajstić information content (AvgIpc) is 3.09. The van der Waals surface area contributed by atoms with E-state index in [1.807, 2.05) is 18.2 Å². The molecule has 0 atom stereocenters. The Morgan fingerprint density at radius 2 is 1.54 bits per heavy atom. The highest BCUT2D eigenvalue weighted by atomic mass is 35.5. The number of amides is 2. The summed E-state index contributed by atoms with van der Waals surface area (Å²) in [5.74, 6) is -0.713. The van der Waals surface area contributed by atoms with Gasteiger partial charge in [0.05, 0.1) is 5.52 Å². The molecule has 2 N–H and O–H groups in total. The van der Waals surface area contributed by atoms with Gasteiger partial charge in [-0.2, -0.15) is 0 Å². The van der Waals surface area contributed by atoms with Gasteiger partial charge >= 0.3 is 0 Å². The maximum absolute atomic E-state index is 12.8. The Kier molecular flexibility index (Phi) is 4.78. The molecule has 2 amide bonds. The molecule has 0 aliphatic carbocycles. The number of anilines is 2. The Morgan fingerprint density at radius 1 is 0.821 bits per heavy atom. The zero-order chi connectivity index (χ0) is 19.5. The maximum Gasteiger partial charge on any atom is 0.292 e. The van der Waals surface area contributed by atoms with Crippen LogP contribution in [-0.4, -0.2) is 21.2 Å². The number of imidazole rings is 1. The number of benzene rings is 2. The van der Waals surface area contributed by atoms with Gasteiger partial charge in [-0.15, -0.1) is 0 Å². The van der Waals surface area contributed by atoms with Crippen LogP contribution in [0.5, 0.6) is 0 Å². The summed E-state index contributed by atoms with van der Waals surface area (Å²) in [6.45, 7) is 0. The molecule has 7 heteroatoms. The molecule has 0 unspecified atom stereocenters. The van der Waals surface area contributed by atoms with Crippen molar-refractivity contribution in [2.24, 2.45) is 0 Å². The van der Waals surface area contributed by atoms with Crippen molar-refractivity contribution in [2.75, 3.05) is 10.6 Å². The first-order valence-corrected chi connectivity index (χ1v) is 8.90. The van der Waals surface area contributed by atoms with Crippen LogP contribution in [0.1, 0.15) is 21.1 Å². The van der Waals surface area contributed by atoms with Crippen LogP contribution in [0.25, 0.3) is 5.52 Å². The molecule has 0 radical (unpaired) electrons. The number of halogens is 1. The molecule has 2 aromatic carbocycles. The predicted octanol–water partition coefficient (Wildman–Crippen LogP) is 4.49. The summed E-state index contributed by atoms with van der Waals surface area (Å²) in [7, 11) is 0. The van der Waals surface area contributed by atoms with E-state index >= 15 is 0 Å². The first-order valence-electron chi connectivity index (χ1n) is 8.52. The minimum Gasteiger partial charge on any atom is -0.321 e. The molecular formula is C21H15ClN4O2. The molecule has 4 rings (SSSR count). The molecule has 0 bridgehead atoms. The number of hydrogen-bond donors (Lipinski definition) is 2. The van der Waals surface area contributed by atoms with Crippen molar-refractivity contribution in [3.8, 4) is 0 Å². The van der Waals surface area contributed by atoms with Crippen LogP contribution in [0.3, 0.4) is 0 Å². The fourth-order valence-electron chi connectivity index (χ4n) is 2.83. The number of fused-ring (bicyclic) bond motifs is 1. The third-order valence-electron chi connectivity index (χ3n) is 4.08. The van der Waals surface area contributed by atoms with E-state index < -0.39 is 11.8 Å². The lowest BCUT2D eigenvalue weighted by Crippen LogP contribution is -2.16. The molecule has 2 heterocycles. The molecule has 0 aliphatic rings. The van der Waals surface area contributed by atoms with Gasteiger partial charge in [0.25, 0.3) is 11.8 Å².